The lowest BCUT2D eigenvalue weighted by Crippen LogP contribution is -2.32. The van der Waals surface area contributed by atoms with Crippen LogP contribution in [0.5, 0.6) is 0 Å². The van der Waals surface area contributed by atoms with E-state index < -0.39 is 28.6 Å². The third-order valence-corrected chi connectivity index (χ3v) is 5.75. The van der Waals surface area contributed by atoms with Gasteiger partial charge in [-0.15, -0.1) is 0 Å². The van der Waals surface area contributed by atoms with Crippen molar-refractivity contribution in [2.45, 2.75) is 109 Å². The Morgan fingerprint density at radius 1 is 0.808 bits per heavy atom. The minimum Gasteiger partial charge on any atom is -0.467 e. The van der Waals surface area contributed by atoms with Gasteiger partial charge >= 0.3 is 16.4 Å². The summed E-state index contributed by atoms with van der Waals surface area (Å²) in [6, 6.07) is 0. The van der Waals surface area contributed by atoms with Crippen molar-refractivity contribution in [3.05, 3.63) is 0 Å². The van der Waals surface area contributed by atoms with E-state index in [0.29, 0.717) is 6.42 Å². The Morgan fingerprint density at radius 3 is 1.73 bits per heavy atom. The van der Waals surface area contributed by atoms with Gasteiger partial charge in [0.05, 0.1) is 7.11 Å². The Kier molecular flexibility index (Phi) is 12.1. The van der Waals surface area contributed by atoms with Crippen molar-refractivity contribution >= 4 is 16.4 Å². The molecule has 0 unspecified atom stereocenters. The van der Waals surface area contributed by atoms with Crippen LogP contribution in [0.4, 0.5) is 0 Å². The highest BCUT2D eigenvalue weighted by molar-refractivity contribution is 7.82. The fourth-order valence-corrected chi connectivity index (χ4v) is 4.29. The predicted molar refractivity (Wildman–Crippen MR) is 101 cm³/mol. The molecular weight excluding hydrogens is 356 g/mol. The second-order valence-corrected chi connectivity index (χ2v) is 8.32. The van der Waals surface area contributed by atoms with Crippen LogP contribution >= 0.6 is 0 Å². The van der Waals surface area contributed by atoms with Gasteiger partial charge in [-0.2, -0.15) is 8.42 Å². The normalized spacial score (nSPS) is 21.8. The summed E-state index contributed by atoms with van der Waals surface area (Å²) in [6.45, 7) is 2.24. The number of hydrogen-bond acceptors (Lipinski definition) is 6. The molecule has 0 aromatic heterocycles. The van der Waals surface area contributed by atoms with Crippen molar-refractivity contribution in [3.8, 4) is 0 Å². The molecule has 1 fully saturated rings. The van der Waals surface area contributed by atoms with E-state index in [-0.39, 0.29) is 0 Å². The van der Waals surface area contributed by atoms with Gasteiger partial charge in [0, 0.05) is 0 Å². The van der Waals surface area contributed by atoms with Crippen molar-refractivity contribution in [1.29, 1.82) is 0 Å². The van der Waals surface area contributed by atoms with Gasteiger partial charge in [0.25, 0.3) is 0 Å². The largest absolute Gasteiger partial charge is 0.467 e. The number of methoxy groups -OCH3 is 1. The summed E-state index contributed by atoms with van der Waals surface area (Å²) in [5, 5.41) is 0. The van der Waals surface area contributed by atoms with Crippen molar-refractivity contribution in [2.24, 2.45) is 0 Å². The number of hydrogen-bond donors (Lipinski definition) is 0. The van der Waals surface area contributed by atoms with E-state index in [1.165, 1.54) is 71.3 Å². The van der Waals surface area contributed by atoms with E-state index in [1.807, 2.05) is 0 Å². The van der Waals surface area contributed by atoms with Crippen molar-refractivity contribution < 1.29 is 26.3 Å². The Morgan fingerprint density at radius 2 is 1.27 bits per heavy atom. The molecule has 1 rings (SSSR count). The van der Waals surface area contributed by atoms with Crippen LogP contribution in [0.25, 0.3) is 0 Å². The standard InChI is InChI=1S/C19H36O6S/c1-3-4-5-6-7-8-9-10-11-12-13-14-15-16-17-18(19(20)23-2)25-26(21,22)24-17/h17-18H,3-16H2,1-2H3/t17-,18+/m1/s1. The summed E-state index contributed by atoms with van der Waals surface area (Å²) in [6.07, 6.45) is 14.7. The average Bonchev–Trinajstić information content (AvgIpc) is 2.93. The van der Waals surface area contributed by atoms with Gasteiger partial charge in [0.15, 0.2) is 0 Å². The van der Waals surface area contributed by atoms with Crippen molar-refractivity contribution in [3.63, 3.8) is 0 Å². The summed E-state index contributed by atoms with van der Waals surface area (Å²) in [5.74, 6) is -0.703. The van der Waals surface area contributed by atoms with E-state index in [2.05, 4.69) is 15.8 Å². The first-order chi connectivity index (χ1) is 12.5. The molecular formula is C19H36O6S. The third-order valence-electron chi connectivity index (χ3n) is 4.83. The summed E-state index contributed by atoms with van der Waals surface area (Å²) in [7, 11) is -2.86. The van der Waals surface area contributed by atoms with Gasteiger partial charge in [0.1, 0.15) is 6.10 Å². The molecule has 0 amide bonds. The van der Waals surface area contributed by atoms with E-state index in [0.717, 1.165) is 19.3 Å². The molecule has 6 nitrogen and oxygen atoms in total. The van der Waals surface area contributed by atoms with Gasteiger partial charge in [-0.05, 0) is 6.42 Å². The number of unbranched alkanes of at least 4 members (excludes halogenated alkanes) is 12. The molecule has 0 spiro atoms. The monoisotopic (exact) mass is 392 g/mol. The topological polar surface area (TPSA) is 78.9 Å². The van der Waals surface area contributed by atoms with Gasteiger partial charge in [-0.3, -0.25) is 0 Å². The van der Waals surface area contributed by atoms with Crippen LogP contribution < -0.4 is 0 Å². The van der Waals surface area contributed by atoms with Crippen LogP contribution in [-0.4, -0.2) is 33.7 Å². The zero-order chi connectivity index (χ0) is 19.3. The molecule has 154 valence electrons. The first-order valence-corrected chi connectivity index (χ1v) is 11.5. The number of ether oxygens (including phenoxy) is 1. The minimum absolute atomic E-state index is 0.483. The second-order valence-electron chi connectivity index (χ2n) is 7.11. The highest BCUT2D eigenvalue weighted by atomic mass is 32.3. The zero-order valence-corrected chi connectivity index (χ0v) is 17.2. The molecule has 1 aliphatic rings. The molecule has 0 aromatic carbocycles. The first kappa shape index (κ1) is 23.4. The Hall–Kier alpha value is -0.660. The molecule has 0 saturated carbocycles. The summed E-state index contributed by atoms with van der Waals surface area (Å²) in [5.41, 5.74) is 0. The molecule has 0 aliphatic carbocycles. The molecule has 0 bridgehead atoms. The lowest BCUT2D eigenvalue weighted by atomic mass is 10.0. The summed E-state index contributed by atoms with van der Waals surface area (Å²) < 4.78 is 36.8. The minimum atomic E-state index is -4.07. The van der Waals surface area contributed by atoms with Crippen LogP contribution in [0.3, 0.4) is 0 Å². The number of rotatable bonds is 15. The lowest BCUT2D eigenvalue weighted by molar-refractivity contribution is -0.150. The maximum atomic E-state index is 11.6. The molecule has 1 aliphatic heterocycles. The highest BCUT2D eigenvalue weighted by Crippen LogP contribution is 2.26. The lowest BCUT2D eigenvalue weighted by Gasteiger charge is -2.12. The SMILES string of the molecule is CCCCCCCCCCCCCCC[C@H]1OS(=O)(=O)O[C@@H]1C(=O)OC. The number of carbonyl (C=O) groups excluding carboxylic acids is 1. The highest BCUT2D eigenvalue weighted by Gasteiger charge is 2.44. The van der Waals surface area contributed by atoms with Gasteiger partial charge < -0.3 is 4.74 Å². The molecule has 1 heterocycles. The Labute approximate surface area is 159 Å². The molecule has 0 aromatic rings. The zero-order valence-electron chi connectivity index (χ0n) is 16.4. The van der Waals surface area contributed by atoms with Crippen LogP contribution in [-0.2, 0) is 28.3 Å². The van der Waals surface area contributed by atoms with Crippen molar-refractivity contribution in [1.82, 2.24) is 0 Å². The molecule has 7 heteroatoms. The maximum Gasteiger partial charge on any atom is 0.401 e. The summed E-state index contributed by atoms with van der Waals surface area (Å²) >= 11 is 0. The van der Waals surface area contributed by atoms with Crippen LogP contribution in [0, 0.1) is 0 Å². The molecule has 1 saturated heterocycles. The Balaban J connectivity index is 1.99. The fourth-order valence-electron chi connectivity index (χ4n) is 3.28. The van der Waals surface area contributed by atoms with Crippen LogP contribution in [0.2, 0.25) is 0 Å². The first-order valence-electron chi connectivity index (χ1n) is 10.2. The quantitative estimate of drug-likeness (QED) is 0.298. The van der Waals surface area contributed by atoms with Gasteiger partial charge in [-0.1, -0.05) is 90.4 Å². The van der Waals surface area contributed by atoms with Gasteiger partial charge in [0.2, 0.25) is 6.10 Å². The maximum absolute atomic E-state index is 11.6. The van der Waals surface area contributed by atoms with E-state index >= 15 is 0 Å². The third kappa shape index (κ3) is 9.88. The molecule has 2 atom stereocenters. The van der Waals surface area contributed by atoms with Crippen LogP contribution in [0.15, 0.2) is 0 Å². The molecule has 0 N–H and O–H groups in total. The summed E-state index contributed by atoms with van der Waals surface area (Å²) in [4.78, 5) is 11.6. The van der Waals surface area contributed by atoms with Crippen LogP contribution in [0.1, 0.15) is 96.8 Å². The van der Waals surface area contributed by atoms with E-state index in [1.54, 1.807) is 0 Å². The average molecular weight is 393 g/mol. The number of esters is 1. The van der Waals surface area contributed by atoms with Crippen molar-refractivity contribution in [2.75, 3.05) is 7.11 Å². The van der Waals surface area contributed by atoms with E-state index in [4.69, 9.17) is 4.18 Å². The molecule has 0 radical (unpaired) electrons. The smallest absolute Gasteiger partial charge is 0.401 e. The second kappa shape index (κ2) is 13.5. The molecule has 26 heavy (non-hydrogen) atoms. The Bertz CT molecular complexity index is 476. The van der Waals surface area contributed by atoms with Gasteiger partial charge in [-0.25, -0.2) is 13.2 Å². The number of carbonyl (C=O) groups is 1. The van der Waals surface area contributed by atoms with E-state index in [9.17, 15) is 13.2 Å². The fraction of sp³-hybridized carbons (Fsp3) is 0.947. The predicted octanol–water partition coefficient (Wildman–Crippen LogP) is 4.67.